The number of benzene rings is 1. The van der Waals surface area contributed by atoms with Crippen LogP contribution in [0.4, 0.5) is 0 Å². The van der Waals surface area contributed by atoms with Gasteiger partial charge in [-0.25, -0.2) is 4.68 Å². The highest BCUT2D eigenvalue weighted by molar-refractivity contribution is 9.10. The Morgan fingerprint density at radius 2 is 2.39 bits per heavy atom. The van der Waals surface area contributed by atoms with Gasteiger partial charge in [0, 0.05) is 10.7 Å². The summed E-state index contributed by atoms with van der Waals surface area (Å²) >= 11 is 3.41. The van der Waals surface area contributed by atoms with Crippen molar-refractivity contribution in [1.82, 2.24) is 20.3 Å². The Bertz CT molecular complexity index is 527. The largest absolute Gasteiger partial charge is 0.348 e. The zero-order chi connectivity index (χ0) is 13.0. The highest BCUT2D eigenvalue weighted by Gasteiger charge is 2.10. The molecule has 1 heterocycles. The summed E-state index contributed by atoms with van der Waals surface area (Å²) in [6.07, 6.45) is 3.20. The summed E-state index contributed by atoms with van der Waals surface area (Å²) in [5, 5.41) is 10.3. The van der Waals surface area contributed by atoms with E-state index in [2.05, 4.69) is 31.6 Å². The lowest BCUT2D eigenvalue weighted by atomic mass is 10.1. The minimum atomic E-state index is -0.0898. The average Bonchev–Trinajstić information content (AvgIpc) is 2.81. The summed E-state index contributed by atoms with van der Waals surface area (Å²) in [4.78, 5) is 11.8. The molecule has 1 unspecified atom stereocenters. The highest BCUT2D eigenvalue weighted by Crippen LogP contribution is 2.17. The van der Waals surface area contributed by atoms with Crippen LogP contribution in [0.25, 0.3) is 0 Å². The summed E-state index contributed by atoms with van der Waals surface area (Å²) in [7, 11) is 0. The van der Waals surface area contributed by atoms with Gasteiger partial charge in [-0.1, -0.05) is 33.3 Å². The molecule has 0 bridgehead atoms. The Morgan fingerprint density at radius 3 is 3.06 bits per heavy atom. The molecule has 0 aliphatic heterocycles. The van der Waals surface area contributed by atoms with Crippen molar-refractivity contribution in [3.8, 4) is 0 Å². The molecule has 5 nitrogen and oxygen atoms in total. The molecule has 0 saturated heterocycles. The molecule has 1 aromatic heterocycles. The van der Waals surface area contributed by atoms with Gasteiger partial charge in [-0.2, -0.15) is 0 Å². The second-order valence-corrected chi connectivity index (χ2v) is 4.86. The molecule has 1 atom stereocenters. The minimum absolute atomic E-state index is 0.0430. The Morgan fingerprint density at radius 1 is 1.56 bits per heavy atom. The van der Waals surface area contributed by atoms with Gasteiger partial charge in [-0.3, -0.25) is 4.79 Å². The van der Waals surface area contributed by atoms with Gasteiger partial charge in [0.2, 0.25) is 5.91 Å². The summed E-state index contributed by atoms with van der Waals surface area (Å²) in [6.45, 7) is 2.12. The molecule has 1 N–H and O–H groups in total. The second kappa shape index (κ2) is 5.77. The molecule has 2 aromatic rings. The third-order valence-corrected chi connectivity index (χ3v) is 3.00. The predicted molar refractivity (Wildman–Crippen MR) is 70.7 cm³/mol. The van der Waals surface area contributed by atoms with E-state index in [1.54, 1.807) is 12.4 Å². The summed E-state index contributed by atoms with van der Waals surface area (Å²) in [5.41, 5.74) is 1.05. The van der Waals surface area contributed by atoms with Crippen LogP contribution in [-0.2, 0) is 11.3 Å². The molecule has 0 fully saturated rings. The molecular weight excluding hydrogens is 296 g/mol. The van der Waals surface area contributed by atoms with Crippen LogP contribution in [0.5, 0.6) is 0 Å². The maximum absolute atomic E-state index is 11.8. The number of rotatable bonds is 4. The molecule has 1 aromatic carbocycles. The summed E-state index contributed by atoms with van der Waals surface area (Å²) in [6, 6.07) is 7.82. The first kappa shape index (κ1) is 12.8. The molecule has 0 saturated carbocycles. The van der Waals surface area contributed by atoms with Gasteiger partial charge in [0.1, 0.15) is 6.54 Å². The first-order valence-corrected chi connectivity index (χ1v) is 6.33. The van der Waals surface area contributed by atoms with E-state index >= 15 is 0 Å². The molecule has 94 valence electrons. The van der Waals surface area contributed by atoms with Crippen LogP contribution >= 0.6 is 15.9 Å². The van der Waals surface area contributed by atoms with Crippen LogP contribution in [0, 0.1) is 0 Å². The fourth-order valence-electron chi connectivity index (χ4n) is 1.61. The van der Waals surface area contributed by atoms with Crippen molar-refractivity contribution in [3.63, 3.8) is 0 Å². The number of nitrogens with zero attached hydrogens (tertiary/aromatic N) is 3. The quantitative estimate of drug-likeness (QED) is 0.938. The van der Waals surface area contributed by atoms with E-state index < -0.39 is 0 Å². The number of hydrogen-bond donors (Lipinski definition) is 1. The normalized spacial score (nSPS) is 12.1. The zero-order valence-electron chi connectivity index (χ0n) is 9.88. The Kier molecular flexibility index (Phi) is 4.09. The van der Waals surface area contributed by atoms with Gasteiger partial charge in [-0.05, 0) is 24.6 Å². The van der Waals surface area contributed by atoms with Gasteiger partial charge in [0.05, 0.1) is 12.2 Å². The van der Waals surface area contributed by atoms with Crippen molar-refractivity contribution in [3.05, 3.63) is 46.7 Å². The van der Waals surface area contributed by atoms with Gasteiger partial charge >= 0.3 is 0 Å². The molecule has 0 spiro atoms. The number of carbonyl (C=O) groups is 1. The third kappa shape index (κ3) is 3.40. The lowest BCUT2D eigenvalue weighted by molar-refractivity contribution is -0.122. The van der Waals surface area contributed by atoms with Crippen LogP contribution < -0.4 is 5.32 Å². The molecule has 18 heavy (non-hydrogen) atoms. The fraction of sp³-hybridized carbons (Fsp3) is 0.250. The molecule has 0 aliphatic rings. The van der Waals surface area contributed by atoms with Crippen LogP contribution in [0.2, 0.25) is 0 Å². The molecule has 1 amide bonds. The maximum Gasteiger partial charge on any atom is 0.242 e. The summed E-state index contributed by atoms with van der Waals surface area (Å²) < 4.78 is 2.49. The molecular formula is C12H13BrN4O. The van der Waals surface area contributed by atoms with E-state index in [9.17, 15) is 4.79 Å². The number of aromatic nitrogens is 3. The van der Waals surface area contributed by atoms with Crippen LogP contribution in [0.1, 0.15) is 18.5 Å². The Hall–Kier alpha value is -1.69. The van der Waals surface area contributed by atoms with Gasteiger partial charge in [0.25, 0.3) is 0 Å². The lowest BCUT2D eigenvalue weighted by Gasteiger charge is -2.14. The first-order valence-electron chi connectivity index (χ1n) is 5.54. The number of hydrogen-bond acceptors (Lipinski definition) is 3. The van der Waals surface area contributed by atoms with Crippen molar-refractivity contribution >= 4 is 21.8 Å². The van der Waals surface area contributed by atoms with Crippen molar-refractivity contribution in [1.29, 1.82) is 0 Å². The van der Waals surface area contributed by atoms with E-state index in [1.165, 1.54) is 4.68 Å². The lowest BCUT2D eigenvalue weighted by Crippen LogP contribution is -2.30. The minimum Gasteiger partial charge on any atom is -0.348 e. The second-order valence-electron chi connectivity index (χ2n) is 3.94. The van der Waals surface area contributed by atoms with E-state index in [-0.39, 0.29) is 18.5 Å². The van der Waals surface area contributed by atoms with Gasteiger partial charge in [0.15, 0.2) is 0 Å². The Labute approximate surface area is 113 Å². The van der Waals surface area contributed by atoms with Crippen molar-refractivity contribution in [2.24, 2.45) is 0 Å². The smallest absolute Gasteiger partial charge is 0.242 e. The molecule has 0 aliphatic carbocycles. The predicted octanol–water partition coefficient (Wildman–Crippen LogP) is 1.92. The highest BCUT2D eigenvalue weighted by atomic mass is 79.9. The standard InChI is InChI=1S/C12H13BrN4O/c1-9(10-3-2-4-11(13)7-10)15-12(18)8-17-6-5-14-16-17/h2-7,9H,8H2,1H3,(H,15,18). The zero-order valence-corrected chi connectivity index (χ0v) is 11.5. The molecule has 6 heteroatoms. The van der Waals surface area contributed by atoms with E-state index in [1.807, 2.05) is 31.2 Å². The number of halogens is 1. The van der Waals surface area contributed by atoms with Crippen LogP contribution in [0.3, 0.4) is 0 Å². The molecule has 2 rings (SSSR count). The van der Waals surface area contributed by atoms with E-state index in [0.29, 0.717) is 0 Å². The number of carbonyl (C=O) groups excluding carboxylic acids is 1. The monoisotopic (exact) mass is 308 g/mol. The van der Waals surface area contributed by atoms with Crippen LogP contribution in [-0.4, -0.2) is 20.9 Å². The molecule has 0 radical (unpaired) electrons. The number of nitrogens with one attached hydrogen (secondary N) is 1. The topological polar surface area (TPSA) is 59.8 Å². The van der Waals surface area contributed by atoms with E-state index in [4.69, 9.17) is 0 Å². The number of amides is 1. The third-order valence-electron chi connectivity index (χ3n) is 2.50. The van der Waals surface area contributed by atoms with Gasteiger partial charge in [-0.15, -0.1) is 5.10 Å². The first-order chi connectivity index (χ1) is 8.65. The maximum atomic E-state index is 11.8. The van der Waals surface area contributed by atoms with Crippen molar-refractivity contribution in [2.75, 3.05) is 0 Å². The summed E-state index contributed by atoms with van der Waals surface area (Å²) in [5.74, 6) is -0.0898. The van der Waals surface area contributed by atoms with Gasteiger partial charge < -0.3 is 5.32 Å². The van der Waals surface area contributed by atoms with E-state index in [0.717, 1.165) is 10.0 Å². The SMILES string of the molecule is CC(NC(=O)Cn1ccnn1)c1cccc(Br)c1. The average molecular weight is 309 g/mol. The van der Waals surface area contributed by atoms with Crippen molar-refractivity contribution < 1.29 is 4.79 Å². The van der Waals surface area contributed by atoms with Crippen LogP contribution in [0.15, 0.2) is 41.1 Å². The Balaban J connectivity index is 1.95. The fourth-order valence-corrected chi connectivity index (χ4v) is 2.03. The van der Waals surface area contributed by atoms with Crippen molar-refractivity contribution in [2.45, 2.75) is 19.5 Å².